The number of rotatable bonds is 4. The Bertz CT molecular complexity index is 243. The van der Waals surface area contributed by atoms with E-state index in [0.717, 1.165) is 19.5 Å². The molecular weight excluding hydrogens is 196 g/mol. The van der Waals surface area contributed by atoms with Gasteiger partial charge in [0.2, 0.25) is 5.91 Å². The first-order valence-electron chi connectivity index (χ1n) is 5.27. The predicted octanol–water partition coefficient (Wildman–Crippen LogP) is 0.0153. The number of aliphatic carboxylic acids is 1. The quantitative estimate of drug-likeness (QED) is 0.716. The fraction of sp³-hybridized carbons (Fsp3) is 0.800. The van der Waals surface area contributed by atoms with Crippen LogP contribution in [0.5, 0.6) is 0 Å². The van der Waals surface area contributed by atoms with E-state index in [4.69, 9.17) is 5.11 Å². The third-order valence-corrected chi connectivity index (χ3v) is 2.62. The number of carboxylic acid groups (broad SMARTS) is 1. The number of hydrogen-bond acceptors (Lipinski definition) is 3. The average Bonchev–Trinajstić information content (AvgIpc) is 2.29. The predicted molar refractivity (Wildman–Crippen MR) is 55.6 cm³/mol. The van der Waals surface area contributed by atoms with Gasteiger partial charge in [-0.2, -0.15) is 0 Å². The second-order valence-electron chi connectivity index (χ2n) is 3.94. The van der Waals surface area contributed by atoms with Crippen molar-refractivity contribution in [1.82, 2.24) is 9.80 Å². The van der Waals surface area contributed by atoms with Crippen molar-refractivity contribution >= 4 is 11.9 Å². The van der Waals surface area contributed by atoms with E-state index in [1.165, 1.54) is 0 Å². The number of nitrogens with zero attached hydrogens (tertiary/aromatic N) is 2. The molecule has 1 amide bonds. The first kappa shape index (κ1) is 12.0. The maximum absolute atomic E-state index is 11.5. The van der Waals surface area contributed by atoms with Crippen LogP contribution in [0, 0.1) is 0 Å². The summed E-state index contributed by atoms with van der Waals surface area (Å²) in [5, 5.41) is 8.50. The number of carbonyl (C=O) groups is 2. The molecule has 0 atom stereocenters. The van der Waals surface area contributed by atoms with Crippen molar-refractivity contribution in [2.75, 3.05) is 33.2 Å². The highest BCUT2D eigenvalue weighted by atomic mass is 16.4. The molecule has 0 aromatic heterocycles. The standard InChI is InChI=1S/C10H18N2O3/c1-11-5-3-7-12(8-9(11)13)6-2-4-10(14)15/h2-8H2,1H3,(H,14,15). The molecule has 5 heteroatoms. The van der Waals surface area contributed by atoms with Gasteiger partial charge in [0.15, 0.2) is 0 Å². The molecule has 0 unspecified atom stereocenters. The lowest BCUT2D eigenvalue weighted by atomic mass is 10.3. The number of likely N-dealkylation sites (N-methyl/N-ethyl adjacent to an activating group) is 1. The first-order chi connectivity index (χ1) is 7.09. The molecule has 86 valence electrons. The van der Waals surface area contributed by atoms with E-state index in [2.05, 4.69) is 0 Å². The van der Waals surface area contributed by atoms with Crippen molar-refractivity contribution in [1.29, 1.82) is 0 Å². The van der Waals surface area contributed by atoms with Gasteiger partial charge in [-0.15, -0.1) is 0 Å². The summed E-state index contributed by atoms with van der Waals surface area (Å²) in [6.07, 6.45) is 1.77. The lowest BCUT2D eigenvalue weighted by molar-refractivity contribution is -0.137. The van der Waals surface area contributed by atoms with Gasteiger partial charge in [-0.05, 0) is 19.4 Å². The SMILES string of the molecule is CN1CCCN(CCCC(=O)O)CC1=O. The molecule has 0 aromatic rings. The van der Waals surface area contributed by atoms with Crippen molar-refractivity contribution in [3.8, 4) is 0 Å². The molecule has 0 saturated carbocycles. The molecular formula is C10H18N2O3. The van der Waals surface area contributed by atoms with Gasteiger partial charge in [-0.3, -0.25) is 14.5 Å². The van der Waals surface area contributed by atoms with Crippen LogP contribution in [0.3, 0.4) is 0 Å². The van der Waals surface area contributed by atoms with Gasteiger partial charge < -0.3 is 10.0 Å². The maximum atomic E-state index is 11.5. The van der Waals surface area contributed by atoms with Crippen LogP contribution in [0.4, 0.5) is 0 Å². The summed E-state index contributed by atoms with van der Waals surface area (Å²) in [6.45, 7) is 2.81. The minimum atomic E-state index is -0.770. The lowest BCUT2D eigenvalue weighted by Crippen LogP contribution is -2.34. The number of hydrogen-bond donors (Lipinski definition) is 1. The Labute approximate surface area is 89.7 Å². The van der Waals surface area contributed by atoms with Gasteiger partial charge >= 0.3 is 5.97 Å². The smallest absolute Gasteiger partial charge is 0.303 e. The molecule has 0 aliphatic carbocycles. The molecule has 1 saturated heterocycles. The molecule has 1 aliphatic heterocycles. The van der Waals surface area contributed by atoms with Gasteiger partial charge in [0.25, 0.3) is 0 Å². The monoisotopic (exact) mass is 214 g/mol. The van der Waals surface area contributed by atoms with E-state index in [-0.39, 0.29) is 12.3 Å². The Kier molecular flexibility index (Phi) is 4.55. The van der Waals surface area contributed by atoms with E-state index in [9.17, 15) is 9.59 Å². The molecule has 1 aliphatic rings. The van der Waals surface area contributed by atoms with Gasteiger partial charge in [-0.25, -0.2) is 0 Å². The zero-order chi connectivity index (χ0) is 11.3. The van der Waals surface area contributed by atoms with E-state index in [1.54, 1.807) is 4.90 Å². The van der Waals surface area contributed by atoms with Crippen LogP contribution in [-0.2, 0) is 9.59 Å². The minimum absolute atomic E-state index is 0.128. The summed E-state index contributed by atoms with van der Waals surface area (Å²) in [4.78, 5) is 25.6. The van der Waals surface area contributed by atoms with E-state index in [0.29, 0.717) is 19.5 Å². The summed E-state index contributed by atoms with van der Waals surface area (Å²) in [5.41, 5.74) is 0. The second-order valence-corrected chi connectivity index (χ2v) is 3.94. The maximum Gasteiger partial charge on any atom is 0.303 e. The molecule has 1 N–H and O–H groups in total. The average molecular weight is 214 g/mol. The van der Waals surface area contributed by atoms with E-state index in [1.807, 2.05) is 11.9 Å². The summed E-state index contributed by atoms with van der Waals surface area (Å²) >= 11 is 0. The van der Waals surface area contributed by atoms with Crippen molar-refractivity contribution < 1.29 is 14.7 Å². The largest absolute Gasteiger partial charge is 0.481 e. The highest BCUT2D eigenvalue weighted by molar-refractivity contribution is 5.78. The van der Waals surface area contributed by atoms with Crippen LogP contribution in [0.15, 0.2) is 0 Å². The summed E-state index contributed by atoms with van der Waals surface area (Å²) in [7, 11) is 1.81. The number of amides is 1. The third-order valence-electron chi connectivity index (χ3n) is 2.62. The zero-order valence-corrected chi connectivity index (χ0v) is 9.11. The molecule has 1 heterocycles. The van der Waals surface area contributed by atoms with Gasteiger partial charge in [0.05, 0.1) is 6.54 Å². The Balaban J connectivity index is 2.29. The van der Waals surface area contributed by atoms with E-state index >= 15 is 0 Å². The molecule has 15 heavy (non-hydrogen) atoms. The highest BCUT2D eigenvalue weighted by Gasteiger charge is 2.18. The van der Waals surface area contributed by atoms with Crippen LogP contribution in [0.1, 0.15) is 19.3 Å². The molecule has 5 nitrogen and oxygen atoms in total. The van der Waals surface area contributed by atoms with Crippen LogP contribution >= 0.6 is 0 Å². The molecule has 1 fully saturated rings. The van der Waals surface area contributed by atoms with Crippen LogP contribution in [0.2, 0.25) is 0 Å². The highest BCUT2D eigenvalue weighted by Crippen LogP contribution is 2.04. The molecule has 0 aromatic carbocycles. The topological polar surface area (TPSA) is 60.9 Å². The molecule has 0 radical (unpaired) electrons. The fourth-order valence-electron chi connectivity index (χ4n) is 1.69. The van der Waals surface area contributed by atoms with E-state index < -0.39 is 5.97 Å². The minimum Gasteiger partial charge on any atom is -0.481 e. The Morgan fingerprint density at radius 2 is 2.20 bits per heavy atom. The van der Waals surface area contributed by atoms with Crippen molar-refractivity contribution in [2.24, 2.45) is 0 Å². The number of carbonyl (C=O) groups excluding carboxylic acids is 1. The van der Waals surface area contributed by atoms with Gasteiger partial charge in [-0.1, -0.05) is 0 Å². The van der Waals surface area contributed by atoms with Crippen molar-refractivity contribution in [2.45, 2.75) is 19.3 Å². The Morgan fingerprint density at radius 3 is 2.87 bits per heavy atom. The molecule has 0 bridgehead atoms. The first-order valence-corrected chi connectivity index (χ1v) is 5.27. The fourth-order valence-corrected chi connectivity index (χ4v) is 1.69. The zero-order valence-electron chi connectivity index (χ0n) is 9.11. The van der Waals surface area contributed by atoms with Crippen LogP contribution in [-0.4, -0.2) is 60.0 Å². The second kappa shape index (κ2) is 5.70. The number of carboxylic acids is 1. The lowest BCUT2D eigenvalue weighted by Gasteiger charge is -2.18. The third kappa shape index (κ3) is 4.29. The van der Waals surface area contributed by atoms with Crippen LogP contribution < -0.4 is 0 Å². The normalized spacial score (nSPS) is 19.0. The molecule has 1 rings (SSSR count). The van der Waals surface area contributed by atoms with Crippen molar-refractivity contribution in [3.05, 3.63) is 0 Å². The summed E-state index contributed by atoms with van der Waals surface area (Å²) in [5.74, 6) is -0.643. The molecule has 0 spiro atoms. The van der Waals surface area contributed by atoms with Crippen LogP contribution in [0.25, 0.3) is 0 Å². The Morgan fingerprint density at radius 1 is 1.47 bits per heavy atom. The summed E-state index contributed by atoms with van der Waals surface area (Å²) in [6, 6.07) is 0. The van der Waals surface area contributed by atoms with Gasteiger partial charge in [0.1, 0.15) is 0 Å². The van der Waals surface area contributed by atoms with Gasteiger partial charge in [0, 0.05) is 26.6 Å². The Hall–Kier alpha value is -1.10. The summed E-state index contributed by atoms with van der Waals surface area (Å²) < 4.78 is 0. The van der Waals surface area contributed by atoms with Crippen molar-refractivity contribution in [3.63, 3.8) is 0 Å².